The normalized spacial score (nSPS) is 27.8. The lowest BCUT2D eigenvalue weighted by molar-refractivity contribution is -0.0399. The van der Waals surface area contributed by atoms with Gasteiger partial charge in [0, 0.05) is 42.5 Å². The Kier molecular flexibility index (Phi) is 6.04. The van der Waals surface area contributed by atoms with Gasteiger partial charge in [0.25, 0.3) is 0 Å². The van der Waals surface area contributed by atoms with Crippen LogP contribution in [0.1, 0.15) is 94.9 Å². The zero-order valence-electron chi connectivity index (χ0n) is 29.9. The fourth-order valence-electron chi connectivity index (χ4n) is 12.4. The quantitative estimate of drug-likeness (QED) is 0.181. The summed E-state index contributed by atoms with van der Waals surface area (Å²) in [5.41, 5.74) is 13.6. The highest BCUT2D eigenvalue weighted by molar-refractivity contribution is 7.25. The molecule has 0 atom stereocenters. The van der Waals surface area contributed by atoms with E-state index in [0.717, 1.165) is 23.7 Å². The lowest BCUT2D eigenvalue weighted by Crippen LogP contribution is -2.55. The van der Waals surface area contributed by atoms with Crippen LogP contribution in [0.5, 0.6) is 0 Å². The van der Waals surface area contributed by atoms with E-state index in [1.807, 2.05) is 11.3 Å². The highest BCUT2D eigenvalue weighted by Crippen LogP contribution is 2.70. The second kappa shape index (κ2) is 10.1. The first kappa shape index (κ1) is 29.8. The highest BCUT2D eigenvalue weighted by Gasteiger charge is 2.61. The first-order valence-corrected chi connectivity index (χ1v) is 20.1. The zero-order chi connectivity index (χ0) is 33.6. The van der Waals surface area contributed by atoms with Gasteiger partial charge in [-0.1, -0.05) is 94.4 Å². The summed E-state index contributed by atoms with van der Waals surface area (Å²) in [5, 5.41) is 2.72. The zero-order valence-corrected chi connectivity index (χ0v) is 30.7. The van der Waals surface area contributed by atoms with Crippen molar-refractivity contribution in [1.82, 2.24) is 0 Å². The van der Waals surface area contributed by atoms with Crippen molar-refractivity contribution in [2.75, 3.05) is 4.90 Å². The largest absolute Gasteiger partial charge is 0.310 e. The highest BCUT2D eigenvalue weighted by atomic mass is 32.1. The average Bonchev–Trinajstić information content (AvgIpc) is 3.63. The summed E-state index contributed by atoms with van der Waals surface area (Å²) in [5.74, 6) is 3.39. The molecule has 2 heteroatoms. The second-order valence-electron chi connectivity index (χ2n) is 18.0. The van der Waals surface area contributed by atoms with E-state index in [0.29, 0.717) is 0 Å². The summed E-state index contributed by atoms with van der Waals surface area (Å²) >= 11 is 1.93. The summed E-state index contributed by atoms with van der Waals surface area (Å²) in [4.78, 5) is 2.65. The Labute approximate surface area is 301 Å². The molecule has 1 heterocycles. The van der Waals surface area contributed by atoms with Gasteiger partial charge in [-0.3, -0.25) is 0 Å². The molecule has 6 aliphatic rings. The molecule has 0 saturated heterocycles. The van der Waals surface area contributed by atoms with Gasteiger partial charge >= 0.3 is 0 Å². The van der Waals surface area contributed by atoms with Crippen molar-refractivity contribution in [3.63, 3.8) is 0 Å². The van der Waals surface area contributed by atoms with Crippen molar-refractivity contribution in [1.29, 1.82) is 0 Å². The average molecular weight is 670 g/mol. The third-order valence-corrected chi connectivity index (χ3v) is 15.6. The predicted octanol–water partition coefficient (Wildman–Crippen LogP) is 13.6. The molecule has 0 radical (unpaired) electrons. The summed E-state index contributed by atoms with van der Waals surface area (Å²) < 4.78 is 2.72. The van der Waals surface area contributed by atoms with Crippen LogP contribution in [0.25, 0.3) is 31.3 Å². The molecule has 0 amide bonds. The molecular weight excluding hydrogens is 623 g/mol. The fourth-order valence-corrected chi connectivity index (χ4v) is 13.5. The van der Waals surface area contributed by atoms with E-state index in [4.69, 9.17) is 0 Å². The summed E-state index contributed by atoms with van der Waals surface area (Å²) in [6, 6.07) is 40.7. The maximum atomic E-state index is 2.65. The third-order valence-electron chi connectivity index (χ3n) is 14.5. The SMILES string of the molecule is CC1(C)CCC(C)(C)c2cc(N(c3ccc4c(c3)sc3ccccc34)c3cccc4c3-c3ccccc3C43C4CC5CC(C4)CC3C5)ccc21. The van der Waals surface area contributed by atoms with E-state index in [2.05, 4.69) is 136 Å². The van der Waals surface area contributed by atoms with Crippen LogP contribution in [0.2, 0.25) is 0 Å². The summed E-state index contributed by atoms with van der Waals surface area (Å²) in [7, 11) is 0. The number of thiophene rings is 1. The second-order valence-corrected chi connectivity index (χ2v) is 19.1. The van der Waals surface area contributed by atoms with Gasteiger partial charge < -0.3 is 4.90 Å². The van der Waals surface area contributed by atoms with Crippen molar-refractivity contribution in [3.05, 3.63) is 125 Å². The van der Waals surface area contributed by atoms with E-state index in [1.54, 1.807) is 11.1 Å². The smallest absolute Gasteiger partial charge is 0.0543 e. The minimum atomic E-state index is 0.137. The van der Waals surface area contributed by atoms with Crippen LogP contribution in [-0.4, -0.2) is 0 Å². The molecule has 0 unspecified atom stereocenters. The molecule has 5 aromatic carbocycles. The Morgan fingerprint density at radius 3 is 1.98 bits per heavy atom. The molecule has 4 fully saturated rings. The molecule has 12 rings (SSSR count). The predicted molar refractivity (Wildman–Crippen MR) is 213 cm³/mol. The summed E-state index contributed by atoms with van der Waals surface area (Å²) in [6.45, 7) is 9.81. The molecule has 0 N–H and O–H groups in total. The molecular formula is C48H47NS. The number of nitrogens with zero attached hydrogens (tertiary/aromatic N) is 1. The topological polar surface area (TPSA) is 3.24 Å². The van der Waals surface area contributed by atoms with E-state index in [9.17, 15) is 0 Å². The van der Waals surface area contributed by atoms with Crippen molar-refractivity contribution in [3.8, 4) is 11.1 Å². The standard InChI is InChI=1S/C48H47NS/c1-46(2)20-21-47(3,4)41-27-33(17-19-39(41)46)49(34-16-18-36-35-10-6-8-15-43(35)50-44(36)28-34)42-14-9-13-40-45(42)37-11-5-7-12-38(37)48(40)31-23-29-22-30(25-31)26-32(48)24-29/h5-19,27-32H,20-26H2,1-4H3. The Balaban J connectivity index is 1.18. The Hall–Kier alpha value is -3.88. The van der Waals surface area contributed by atoms with E-state index < -0.39 is 0 Å². The molecule has 4 bridgehead atoms. The molecule has 0 aliphatic heterocycles. The lowest BCUT2D eigenvalue weighted by atomic mass is 9.43. The Morgan fingerprint density at radius 2 is 1.18 bits per heavy atom. The van der Waals surface area contributed by atoms with Gasteiger partial charge in [-0.2, -0.15) is 0 Å². The van der Waals surface area contributed by atoms with E-state index in [-0.39, 0.29) is 16.2 Å². The van der Waals surface area contributed by atoms with Crippen molar-refractivity contribution in [2.24, 2.45) is 23.7 Å². The number of hydrogen-bond acceptors (Lipinski definition) is 2. The molecule has 6 aliphatic carbocycles. The van der Waals surface area contributed by atoms with Crippen LogP contribution in [-0.2, 0) is 16.2 Å². The van der Waals surface area contributed by atoms with Crippen molar-refractivity contribution in [2.45, 2.75) is 88.9 Å². The van der Waals surface area contributed by atoms with Crippen LogP contribution >= 0.6 is 11.3 Å². The van der Waals surface area contributed by atoms with Crippen LogP contribution in [0.15, 0.2) is 103 Å². The van der Waals surface area contributed by atoms with Gasteiger partial charge in [-0.15, -0.1) is 11.3 Å². The van der Waals surface area contributed by atoms with Gasteiger partial charge in [0.2, 0.25) is 0 Å². The minimum Gasteiger partial charge on any atom is -0.310 e. The Morgan fingerprint density at radius 1 is 0.540 bits per heavy atom. The maximum Gasteiger partial charge on any atom is 0.0543 e. The first-order valence-electron chi connectivity index (χ1n) is 19.3. The monoisotopic (exact) mass is 669 g/mol. The molecule has 1 spiro atoms. The minimum absolute atomic E-state index is 0.137. The first-order chi connectivity index (χ1) is 24.2. The number of fused-ring (bicyclic) bond motifs is 7. The third kappa shape index (κ3) is 3.90. The number of anilines is 3. The van der Waals surface area contributed by atoms with Crippen LogP contribution in [0.4, 0.5) is 17.1 Å². The van der Waals surface area contributed by atoms with Gasteiger partial charge in [0.1, 0.15) is 0 Å². The van der Waals surface area contributed by atoms with Crippen LogP contribution in [0, 0.1) is 23.7 Å². The number of benzene rings is 5. The summed E-state index contributed by atoms with van der Waals surface area (Å²) in [6.07, 6.45) is 9.57. The van der Waals surface area contributed by atoms with Gasteiger partial charge in [0.05, 0.1) is 5.69 Å². The molecule has 250 valence electrons. The van der Waals surface area contributed by atoms with Gasteiger partial charge in [-0.25, -0.2) is 0 Å². The molecule has 1 nitrogen and oxygen atoms in total. The fraction of sp³-hybridized carbons (Fsp3) is 0.375. The van der Waals surface area contributed by atoms with E-state index >= 15 is 0 Å². The van der Waals surface area contributed by atoms with Crippen LogP contribution < -0.4 is 4.90 Å². The lowest BCUT2D eigenvalue weighted by Gasteiger charge is -2.61. The molecule has 4 saturated carbocycles. The van der Waals surface area contributed by atoms with Gasteiger partial charge in [-0.05, 0) is 144 Å². The molecule has 1 aromatic heterocycles. The maximum absolute atomic E-state index is 2.65. The number of rotatable bonds is 3. The van der Waals surface area contributed by atoms with Crippen molar-refractivity contribution >= 4 is 48.6 Å². The Bertz CT molecular complexity index is 2340. The van der Waals surface area contributed by atoms with E-state index in [1.165, 1.54) is 104 Å². The molecule has 6 aromatic rings. The molecule has 50 heavy (non-hydrogen) atoms. The van der Waals surface area contributed by atoms with Crippen LogP contribution in [0.3, 0.4) is 0 Å². The number of hydrogen-bond donors (Lipinski definition) is 0. The van der Waals surface area contributed by atoms with Gasteiger partial charge in [0.15, 0.2) is 0 Å². The van der Waals surface area contributed by atoms with Crippen molar-refractivity contribution < 1.29 is 0 Å².